The number of nitrogens with zero attached hydrogens (tertiary/aromatic N) is 1. The lowest BCUT2D eigenvalue weighted by Crippen LogP contribution is -2.10. The highest BCUT2D eigenvalue weighted by atomic mass is 15.1. The molecule has 5 aromatic rings. The summed E-state index contributed by atoms with van der Waals surface area (Å²) in [5.41, 5.74) is 9.57. The van der Waals surface area contributed by atoms with Crippen LogP contribution in [0, 0.1) is 6.92 Å². The first-order valence-corrected chi connectivity index (χ1v) is 12.5. The maximum absolute atomic E-state index is 2.34. The second kappa shape index (κ2) is 10.5. The molecule has 0 saturated carbocycles. The van der Waals surface area contributed by atoms with E-state index in [1.54, 1.807) is 0 Å². The molecule has 0 aliphatic heterocycles. The van der Waals surface area contributed by atoms with Crippen LogP contribution in [-0.2, 0) is 0 Å². The van der Waals surface area contributed by atoms with Crippen molar-refractivity contribution < 1.29 is 0 Å². The van der Waals surface area contributed by atoms with Gasteiger partial charge in [-0.2, -0.15) is 0 Å². The molecule has 176 valence electrons. The third-order valence-electron chi connectivity index (χ3n) is 6.59. The average Bonchev–Trinajstić information content (AvgIpc) is 2.93. The van der Waals surface area contributed by atoms with E-state index in [0.717, 1.165) is 17.1 Å². The predicted molar refractivity (Wildman–Crippen MR) is 157 cm³/mol. The Bertz CT molecular complexity index is 1520. The van der Waals surface area contributed by atoms with Gasteiger partial charge in [0.25, 0.3) is 0 Å². The summed E-state index contributed by atoms with van der Waals surface area (Å²) in [7, 11) is 0. The Hall–Kier alpha value is -4.36. The van der Waals surface area contributed by atoms with Crippen molar-refractivity contribution in [3.05, 3.63) is 145 Å². The van der Waals surface area contributed by atoms with E-state index in [0.29, 0.717) is 0 Å². The van der Waals surface area contributed by atoms with Gasteiger partial charge in [0.1, 0.15) is 0 Å². The van der Waals surface area contributed by atoms with Gasteiger partial charge >= 0.3 is 0 Å². The van der Waals surface area contributed by atoms with E-state index in [9.17, 15) is 0 Å². The third kappa shape index (κ3) is 4.87. The monoisotopic (exact) mass is 465 g/mol. The number of hydrogen-bond acceptors (Lipinski definition) is 1. The first kappa shape index (κ1) is 23.4. The number of allylic oxidation sites excluding steroid dienone is 4. The van der Waals surface area contributed by atoms with Crippen molar-refractivity contribution in [1.29, 1.82) is 0 Å². The number of fused-ring (bicyclic) bond motifs is 1. The molecule has 0 radical (unpaired) electrons. The molecule has 0 aliphatic carbocycles. The lowest BCUT2D eigenvalue weighted by atomic mass is 10.0. The van der Waals surface area contributed by atoms with E-state index in [1.807, 2.05) is 0 Å². The molecule has 1 heteroatoms. The quantitative estimate of drug-likeness (QED) is 0.225. The summed E-state index contributed by atoms with van der Waals surface area (Å²) in [6.07, 6.45) is 6.39. The van der Waals surface area contributed by atoms with Gasteiger partial charge in [-0.05, 0) is 90.2 Å². The number of aryl methyl sites for hydroxylation is 1. The molecule has 1 nitrogen and oxygen atoms in total. The number of benzene rings is 5. The van der Waals surface area contributed by atoms with E-state index in [1.165, 1.54) is 38.6 Å². The molecule has 0 aliphatic rings. The van der Waals surface area contributed by atoms with E-state index in [4.69, 9.17) is 0 Å². The van der Waals surface area contributed by atoms with Gasteiger partial charge in [-0.3, -0.25) is 0 Å². The lowest BCUT2D eigenvalue weighted by molar-refractivity contribution is 1.29. The molecule has 0 aromatic heterocycles. The molecule has 5 aromatic carbocycles. The van der Waals surface area contributed by atoms with Gasteiger partial charge in [-0.15, -0.1) is 0 Å². The second-order valence-electron chi connectivity index (χ2n) is 9.07. The summed E-state index contributed by atoms with van der Waals surface area (Å²) in [5.74, 6) is 0. The summed E-state index contributed by atoms with van der Waals surface area (Å²) < 4.78 is 0. The molecule has 0 atom stereocenters. The highest BCUT2D eigenvalue weighted by molar-refractivity contribution is 5.90. The maximum atomic E-state index is 2.34. The minimum absolute atomic E-state index is 1.13. The Morgan fingerprint density at radius 2 is 1.17 bits per heavy atom. The smallest absolute Gasteiger partial charge is 0.0468 e. The normalized spacial score (nSPS) is 11.8. The van der Waals surface area contributed by atoms with Crippen LogP contribution in [0.5, 0.6) is 0 Å². The number of rotatable bonds is 6. The van der Waals surface area contributed by atoms with Crippen LogP contribution in [0.2, 0.25) is 0 Å². The molecule has 0 saturated heterocycles. The van der Waals surface area contributed by atoms with Crippen LogP contribution < -0.4 is 4.90 Å². The fourth-order valence-corrected chi connectivity index (χ4v) is 4.71. The number of anilines is 3. The van der Waals surface area contributed by atoms with Crippen molar-refractivity contribution in [1.82, 2.24) is 0 Å². The highest BCUT2D eigenvalue weighted by Gasteiger charge is 2.14. The number of hydrogen-bond donors (Lipinski definition) is 0. The summed E-state index contributed by atoms with van der Waals surface area (Å²) in [5, 5.41) is 2.50. The standard InChI is InChI=1S/C35H31N/c1-4-9-27(5-2)29-14-19-33(20-15-29)36(35-23-18-31-24-26(3)12-13-32(31)25-35)34-21-16-30(17-22-34)28-10-7-6-8-11-28/h4-25H,1-3H3. The zero-order chi connectivity index (χ0) is 24.9. The van der Waals surface area contributed by atoms with Gasteiger partial charge in [0.2, 0.25) is 0 Å². The van der Waals surface area contributed by atoms with Crippen LogP contribution in [0.1, 0.15) is 25.0 Å². The van der Waals surface area contributed by atoms with Crippen LogP contribution in [0.4, 0.5) is 17.1 Å². The van der Waals surface area contributed by atoms with E-state index in [2.05, 4.69) is 159 Å². The van der Waals surface area contributed by atoms with Crippen molar-refractivity contribution in [2.45, 2.75) is 20.8 Å². The Morgan fingerprint density at radius 3 is 1.83 bits per heavy atom. The van der Waals surface area contributed by atoms with Gasteiger partial charge in [-0.25, -0.2) is 0 Å². The van der Waals surface area contributed by atoms with Gasteiger partial charge in [0.05, 0.1) is 0 Å². The van der Waals surface area contributed by atoms with Crippen LogP contribution in [-0.4, -0.2) is 0 Å². The first-order chi connectivity index (χ1) is 17.7. The van der Waals surface area contributed by atoms with Gasteiger partial charge in [-0.1, -0.05) is 103 Å². The molecule has 0 amide bonds. The molecule has 36 heavy (non-hydrogen) atoms. The SMILES string of the molecule is CC=CC(=CC)c1ccc(N(c2ccc(-c3ccccc3)cc2)c2ccc3cc(C)ccc3c2)cc1. The minimum Gasteiger partial charge on any atom is -0.310 e. The van der Waals surface area contributed by atoms with E-state index >= 15 is 0 Å². The Kier molecular flexibility index (Phi) is 6.82. The molecular weight excluding hydrogens is 434 g/mol. The zero-order valence-corrected chi connectivity index (χ0v) is 21.1. The second-order valence-corrected chi connectivity index (χ2v) is 9.07. The zero-order valence-electron chi connectivity index (χ0n) is 21.1. The molecule has 0 N–H and O–H groups in total. The van der Waals surface area contributed by atoms with Crippen molar-refractivity contribution in [3.63, 3.8) is 0 Å². The summed E-state index contributed by atoms with van der Waals surface area (Å²) in [6.45, 7) is 6.28. The molecule has 0 heterocycles. The van der Waals surface area contributed by atoms with Crippen molar-refractivity contribution in [2.75, 3.05) is 4.90 Å². The van der Waals surface area contributed by atoms with Crippen molar-refractivity contribution in [3.8, 4) is 11.1 Å². The Balaban J connectivity index is 1.59. The minimum atomic E-state index is 1.13. The predicted octanol–water partition coefficient (Wildman–Crippen LogP) is 10.3. The van der Waals surface area contributed by atoms with Crippen LogP contribution in [0.15, 0.2) is 133 Å². The molecule has 0 fully saturated rings. The highest BCUT2D eigenvalue weighted by Crippen LogP contribution is 2.37. The third-order valence-corrected chi connectivity index (χ3v) is 6.59. The maximum Gasteiger partial charge on any atom is 0.0468 e. The van der Waals surface area contributed by atoms with Crippen molar-refractivity contribution in [2.24, 2.45) is 0 Å². The van der Waals surface area contributed by atoms with Gasteiger partial charge in [0.15, 0.2) is 0 Å². The molecular formula is C35H31N. The fraction of sp³-hybridized carbons (Fsp3) is 0.0857. The van der Waals surface area contributed by atoms with Crippen LogP contribution >= 0.6 is 0 Å². The molecule has 0 unspecified atom stereocenters. The van der Waals surface area contributed by atoms with Gasteiger partial charge in [0, 0.05) is 17.1 Å². The van der Waals surface area contributed by atoms with E-state index in [-0.39, 0.29) is 0 Å². The molecule has 5 rings (SSSR count). The topological polar surface area (TPSA) is 3.24 Å². The summed E-state index contributed by atoms with van der Waals surface area (Å²) in [6, 6.07) is 41.6. The fourth-order valence-electron chi connectivity index (χ4n) is 4.71. The van der Waals surface area contributed by atoms with Crippen LogP contribution in [0.25, 0.3) is 27.5 Å². The van der Waals surface area contributed by atoms with E-state index < -0.39 is 0 Å². The Morgan fingerprint density at radius 1 is 0.583 bits per heavy atom. The molecule has 0 spiro atoms. The lowest BCUT2D eigenvalue weighted by Gasteiger charge is -2.26. The van der Waals surface area contributed by atoms with Crippen LogP contribution in [0.3, 0.4) is 0 Å². The summed E-state index contributed by atoms with van der Waals surface area (Å²) in [4.78, 5) is 2.34. The molecule has 0 bridgehead atoms. The van der Waals surface area contributed by atoms with Gasteiger partial charge < -0.3 is 4.90 Å². The first-order valence-electron chi connectivity index (χ1n) is 12.5. The Labute approximate surface area is 214 Å². The largest absolute Gasteiger partial charge is 0.310 e. The average molecular weight is 466 g/mol. The summed E-state index contributed by atoms with van der Waals surface area (Å²) >= 11 is 0. The van der Waals surface area contributed by atoms with Crippen molar-refractivity contribution >= 4 is 33.4 Å².